The number of aryl methyl sites for hydroxylation is 2. The molecule has 108 valence electrons. The molecule has 3 aromatic rings. The lowest BCUT2D eigenvalue weighted by molar-refractivity contribution is 0.543. The minimum atomic E-state index is 0.892. The van der Waals surface area contributed by atoms with Crippen LogP contribution in [-0.4, -0.2) is 21.3 Å². The first kappa shape index (κ1) is 13.8. The molecule has 0 atom stereocenters. The Bertz CT molecular complexity index is 704. The predicted octanol–water partition coefficient (Wildman–Crippen LogP) is 2.92. The summed E-state index contributed by atoms with van der Waals surface area (Å²) in [5.74, 6) is 0. The van der Waals surface area contributed by atoms with E-state index in [1.165, 1.54) is 10.9 Å². The van der Waals surface area contributed by atoms with Gasteiger partial charge in [-0.15, -0.1) is 0 Å². The fraction of sp³-hybridized carbons (Fsp3) is 0.294. The molecule has 0 aliphatic carbocycles. The Hall–Kier alpha value is -2.20. The summed E-state index contributed by atoms with van der Waals surface area (Å²) >= 11 is 0. The van der Waals surface area contributed by atoms with Crippen LogP contribution in [0.1, 0.15) is 17.7 Å². The fourth-order valence-corrected chi connectivity index (χ4v) is 2.42. The van der Waals surface area contributed by atoms with E-state index >= 15 is 0 Å². The highest BCUT2D eigenvalue weighted by atomic mass is 15.3. The van der Waals surface area contributed by atoms with Crippen molar-refractivity contribution in [2.24, 2.45) is 0 Å². The standard InChI is InChI=1S/C17H20N4/c1-14-4-6-16-12-15(5-7-17(16)20-14)13-18-8-2-10-21-11-3-9-19-21/h3-7,9,11-12,18H,2,8,10,13H2,1H3. The van der Waals surface area contributed by atoms with Crippen LogP contribution in [0.15, 0.2) is 48.8 Å². The second-order valence-corrected chi connectivity index (χ2v) is 5.28. The van der Waals surface area contributed by atoms with Gasteiger partial charge in [0.2, 0.25) is 0 Å². The Morgan fingerprint density at radius 1 is 1.19 bits per heavy atom. The monoisotopic (exact) mass is 280 g/mol. The van der Waals surface area contributed by atoms with Crippen LogP contribution in [0.5, 0.6) is 0 Å². The second kappa shape index (κ2) is 6.50. The number of fused-ring (bicyclic) bond motifs is 1. The molecular weight excluding hydrogens is 260 g/mol. The summed E-state index contributed by atoms with van der Waals surface area (Å²) < 4.78 is 1.96. The van der Waals surface area contributed by atoms with Crippen molar-refractivity contribution in [1.29, 1.82) is 0 Å². The van der Waals surface area contributed by atoms with Crippen LogP contribution in [0.2, 0.25) is 0 Å². The van der Waals surface area contributed by atoms with Crippen molar-refractivity contribution in [1.82, 2.24) is 20.1 Å². The lowest BCUT2D eigenvalue weighted by atomic mass is 10.1. The number of rotatable bonds is 6. The number of pyridine rings is 1. The van der Waals surface area contributed by atoms with Gasteiger partial charge in [0.25, 0.3) is 0 Å². The zero-order valence-corrected chi connectivity index (χ0v) is 12.3. The summed E-state index contributed by atoms with van der Waals surface area (Å²) in [6.45, 7) is 4.86. The van der Waals surface area contributed by atoms with Crippen LogP contribution in [-0.2, 0) is 13.1 Å². The van der Waals surface area contributed by atoms with Crippen LogP contribution < -0.4 is 5.32 Å². The average Bonchev–Trinajstić information content (AvgIpc) is 3.00. The molecule has 4 nitrogen and oxygen atoms in total. The van der Waals surface area contributed by atoms with E-state index in [0.29, 0.717) is 0 Å². The van der Waals surface area contributed by atoms with Crippen LogP contribution >= 0.6 is 0 Å². The topological polar surface area (TPSA) is 42.7 Å². The molecule has 0 aliphatic rings. The van der Waals surface area contributed by atoms with Crippen LogP contribution in [0.4, 0.5) is 0 Å². The van der Waals surface area contributed by atoms with E-state index in [2.05, 4.69) is 45.7 Å². The molecule has 0 saturated carbocycles. The molecule has 3 rings (SSSR count). The second-order valence-electron chi connectivity index (χ2n) is 5.28. The Morgan fingerprint density at radius 3 is 3.00 bits per heavy atom. The van der Waals surface area contributed by atoms with Crippen molar-refractivity contribution in [3.8, 4) is 0 Å². The summed E-state index contributed by atoms with van der Waals surface area (Å²) in [6.07, 6.45) is 4.90. The van der Waals surface area contributed by atoms with Gasteiger partial charge in [0, 0.05) is 36.6 Å². The maximum atomic E-state index is 4.52. The third kappa shape index (κ3) is 3.67. The molecule has 2 aromatic heterocycles. The van der Waals surface area contributed by atoms with Gasteiger partial charge in [-0.3, -0.25) is 9.67 Å². The molecule has 0 saturated heterocycles. The molecule has 0 unspecified atom stereocenters. The number of aromatic nitrogens is 3. The van der Waals surface area contributed by atoms with Gasteiger partial charge in [0.1, 0.15) is 0 Å². The van der Waals surface area contributed by atoms with Gasteiger partial charge in [-0.2, -0.15) is 5.10 Å². The van der Waals surface area contributed by atoms with E-state index in [1.54, 1.807) is 0 Å². The molecule has 0 fully saturated rings. The molecule has 0 bridgehead atoms. The van der Waals surface area contributed by atoms with Crippen molar-refractivity contribution < 1.29 is 0 Å². The molecule has 4 heteroatoms. The molecule has 0 aliphatic heterocycles. The Balaban J connectivity index is 1.50. The third-order valence-corrected chi connectivity index (χ3v) is 3.52. The SMILES string of the molecule is Cc1ccc2cc(CNCCCn3cccn3)ccc2n1. The van der Waals surface area contributed by atoms with Crippen molar-refractivity contribution in [2.75, 3.05) is 6.54 Å². The first-order chi connectivity index (χ1) is 10.3. The maximum absolute atomic E-state index is 4.52. The summed E-state index contributed by atoms with van der Waals surface area (Å²) in [6, 6.07) is 12.6. The van der Waals surface area contributed by atoms with E-state index in [0.717, 1.165) is 37.3 Å². The van der Waals surface area contributed by atoms with Gasteiger partial charge in [-0.1, -0.05) is 12.1 Å². The van der Waals surface area contributed by atoms with Gasteiger partial charge in [-0.25, -0.2) is 0 Å². The molecule has 0 amide bonds. The van der Waals surface area contributed by atoms with Gasteiger partial charge >= 0.3 is 0 Å². The normalized spacial score (nSPS) is 11.1. The van der Waals surface area contributed by atoms with E-state index in [9.17, 15) is 0 Å². The largest absolute Gasteiger partial charge is 0.313 e. The molecule has 2 heterocycles. The number of hydrogen-bond donors (Lipinski definition) is 1. The Kier molecular flexibility index (Phi) is 4.26. The van der Waals surface area contributed by atoms with Gasteiger partial charge in [-0.05, 0) is 49.7 Å². The molecular formula is C17H20N4. The van der Waals surface area contributed by atoms with E-state index in [4.69, 9.17) is 0 Å². The quantitative estimate of drug-likeness (QED) is 0.706. The van der Waals surface area contributed by atoms with Crippen LogP contribution in [0.3, 0.4) is 0 Å². The highest BCUT2D eigenvalue weighted by Gasteiger charge is 1.98. The smallest absolute Gasteiger partial charge is 0.0705 e. The van der Waals surface area contributed by atoms with Gasteiger partial charge in [0.05, 0.1) is 5.52 Å². The number of hydrogen-bond acceptors (Lipinski definition) is 3. The van der Waals surface area contributed by atoms with Crippen molar-refractivity contribution in [2.45, 2.75) is 26.4 Å². The van der Waals surface area contributed by atoms with Crippen molar-refractivity contribution in [3.63, 3.8) is 0 Å². The van der Waals surface area contributed by atoms with Crippen molar-refractivity contribution in [3.05, 3.63) is 60.0 Å². The summed E-state index contributed by atoms with van der Waals surface area (Å²) in [5, 5.41) is 8.88. The minimum Gasteiger partial charge on any atom is -0.313 e. The molecule has 1 aromatic carbocycles. The zero-order chi connectivity index (χ0) is 14.5. The number of benzene rings is 1. The first-order valence-corrected chi connectivity index (χ1v) is 7.36. The van der Waals surface area contributed by atoms with Gasteiger partial charge in [0.15, 0.2) is 0 Å². The highest BCUT2D eigenvalue weighted by Crippen LogP contribution is 2.14. The lowest BCUT2D eigenvalue weighted by Gasteiger charge is -2.07. The van der Waals surface area contributed by atoms with Crippen LogP contribution in [0, 0.1) is 6.92 Å². The molecule has 0 spiro atoms. The molecule has 1 N–H and O–H groups in total. The lowest BCUT2D eigenvalue weighted by Crippen LogP contribution is -2.16. The Morgan fingerprint density at radius 2 is 2.14 bits per heavy atom. The summed E-state index contributed by atoms with van der Waals surface area (Å²) in [7, 11) is 0. The van der Waals surface area contributed by atoms with E-state index < -0.39 is 0 Å². The maximum Gasteiger partial charge on any atom is 0.0705 e. The number of nitrogens with zero attached hydrogens (tertiary/aromatic N) is 3. The Labute approximate surface area is 124 Å². The third-order valence-electron chi connectivity index (χ3n) is 3.52. The minimum absolute atomic E-state index is 0.892. The highest BCUT2D eigenvalue weighted by molar-refractivity contribution is 5.79. The van der Waals surface area contributed by atoms with E-state index in [1.807, 2.05) is 30.1 Å². The summed E-state index contributed by atoms with van der Waals surface area (Å²) in [4.78, 5) is 4.52. The predicted molar refractivity (Wildman–Crippen MR) is 85.0 cm³/mol. The van der Waals surface area contributed by atoms with E-state index in [-0.39, 0.29) is 0 Å². The first-order valence-electron chi connectivity index (χ1n) is 7.36. The summed E-state index contributed by atoms with van der Waals surface area (Å²) in [5.41, 5.74) is 3.43. The van der Waals surface area contributed by atoms with Crippen LogP contribution in [0.25, 0.3) is 10.9 Å². The van der Waals surface area contributed by atoms with Gasteiger partial charge < -0.3 is 5.32 Å². The average molecular weight is 280 g/mol. The van der Waals surface area contributed by atoms with Crippen molar-refractivity contribution >= 4 is 10.9 Å². The fourth-order valence-electron chi connectivity index (χ4n) is 2.42. The molecule has 21 heavy (non-hydrogen) atoms. The number of nitrogens with one attached hydrogen (secondary N) is 1. The molecule has 0 radical (unpaired) electrons. The zero-order valence-electron chi connectivity index (χ0n) is 12.3.